The van der Waals surface area contributed by atoms with E-state index in [9.17, 15) is 0 Å². The Morgan fingerprint density at radius 2 is 0.717 bits per heavy atom. The normalized spacial score (nSPS) is 12.0. The monoisotopic (exact) mass is 762 g/mol. The van der Waals surface area contributed by atoms with Gasteiger partial charge in [0.1, 0.15) is 0 Å². The Morgan fingerprint density at radius 1 is 0.283 bits per heavy atom. The van der Waals surface area contributed by atoms with Crippen LogP contribution < -0.4 is 0 Å². The second-order valence-corrected chi connectivity index (χ2v) is 15.7. The average molecular weight is 763 g/mol. The molecule has 0 radical (unpaired) electrons. The largest absolute Gasteiger partial charge is 0.309 e. The standard InChI is InChI=1S/C56H34N4/c1-3-17-35(18-4-1)36-31-33-37(34-32-36)53-43-25-11-14-28-46(43)57-56(58-53)60-48-30-16-13-27-45(48)52-50-39-21-7-9-23-41(39)54-51(49(50)40-22-8-10-24-42(40)55(52)60)44-26-12-15-29-47(44)59(54)38-19-5-2-6-20-38/h1-34H. The molecule has 10 aromatic carbocycles. The predicted octanol–water partition coefficient (Wildman–Crippen LogP) is 14.6. The van der Waals surface area contributed by atoms with E-state index in [1.807, 2.05) is 0 Å². The molecule has 0 aliphatic heterocycles. The molecule has 0 spiro atoms. The highest BCUT2D eigenvalue weighted by molar-refractivity contribution is 6.45. The molecule has 0 N–H and O–H groups in total. The average Bonchev–Trinajstić information content (AvgIpc) is 3.86. The molecule has 60 heavy (non-hydrogen) atoms. The van der Waals surface area contributed by atoms with E-state index in [1.165, 1.54) is 70.6 Å². The van der Waals surface area contributed by atoms with Gasteiger partial charge in [-0.2, -0.15) is 0 Å². The first-order valence-electron chi connectivity index (χ1n) is 20.5. The molecule has 0 atom stereocenters. The predicted molar refractivity (Wildman–Crippen MR) is 252 cm³/mol. The summed E-state index contributed by atoms with van der Waals surface area (Å²) < 4.78 is 4.79. The molecule has 0 aliphatic rings. The zero-order chi connectivity index (χ0) is 39.3. The molecule has 0 amide bonds. The van der Waals surface area contributed by atoms with Crippen LogP contribution in [0.15, 0.2) is 206 Å². The van der Waals surface area contributed by atoms with Crippen LogP contribution in [0, 0.1) is 0 Å². The summed E-state index contributed by atoms with van der Waals surface area (Å²) >= 11 is 0. The molecule has 3 aromatic heterocycles. The summed E-state index contributed by atoms with van der Waals surface area (Å²) in [5.41, 5.74) is 11.0. The molecule has 0 bridgehead atoms. The second kappa shape index (κ2) is 12.7. The zero-order valence-electron chi connectivity index (χ0n) is 32.4. The minimum Gasteiger partial charge on any atom is -0.309 e. The van der Waals surface area contributed by atoms with E-state index in [-0.39, 0.29) is 0 Å². The summed E-state index contributed by atoms with van der Waals surface area (Å²) in [6.07, 6.45) is 0. The van der Waals surface area contributed by atoms with Gasteiger partial charge in [0.2, 0.25) is 5.95 Å². The van der Waals surface area contributed by atoms with Crippen molar-refractivity contribution in [2.45, 2.75) is 0 Å². The van der Waals surface area contributed by atoms with E-state index in [0.717, 1.165) is 44.3 Å². The van der Waals surface area contributed by atoms with Gasteiger partial charge in [-0.05, 0) is 52.2 Å². The minimum absolute atomic E-state index is 0.651. The van der Waals surface area contributed by atoms with Gasteiger partial charge in [-0.3, -0.25) is 4.57 Å². The quantitative estimate of drug-likeness (QED) is 0.167. The molecule has 4 nitrogen and oxygen atoms in total. The van der Waals surface area contributed by atoms with Crippen molar-refractivity contribution in [2.24, 2.45) is 0 Å². The summed E-state index contributed by atoms with van der Waals surface area (Å²) in [5.74, 6) is 0.651. The highest BCUT2D eigenvalue weighted by Crippen LogP contribution is 2.50. The third kappa shape index (κ3) is 4.61. The van der Waals surface area contributed by atoms with Crippen molar-refractivity contribution < 1.29 is 0 Å². The van der Waals surface area contributed by atoms with Crippen LogP contribution >= 0.6 is 0 Å². The smallest absolute Gasteiger partial charge is 0.235 e. The highest BCUT2D eigenvalue weighted by Gasteiger charge is 2.26. The van der Waals surface area contributed by atoms with Gasteiger partial charge in [-0.25, -0.2) is 9.97 Å². The van der Waals surface area contributed by atoms with Crippen LogP contribution in [0.3, 0.4) is 0 Å². The third-order valence-electron chi connectivity index (χ3n) is 12.5. The number of para-hydroxylation sites is 4. The first kappa shape index (κ1) is 32.9. The minimum atomic E-state index is 0.651. The zero-order valence-corrected chi connectivity index (χ0v) is 32.4. The molecule has 0 aliphatic carbocycles. The van der Waals surface area contributed by atoms with E-state index in [2.05, 4.69) is 215 Å². The first-order chi connectivity index (χ1) is 29.8. The molecule has 0 saturated carbocycles. The lowest BCUT2D eigenvalue weighted by atomic mass is 9.89. The van der Waals surface area contributed by atoms with Gasteiger partial charge in [0.05, 0.1) is 33.3 Å². The molecular formula is C56H34N4. The fourth-order valence-corrected chi connectivity index (χ4v) is 9.99. The van der Waals surface area contributed by atoms with Crippen molar-refractivity contribution in [3.63, 3.8) is 0 Å². The van der Waals surface area contributed by atoms with Crippen LogP contribution in [0.2, 0.25) is 0 Å². The van der Waals surface area contributed by atoms with Crippen LogP contribution in [0.1, 0.15) is 0 Å². The summed E-state index contributed by atoms with van der Waals surface area (Å²) in [6, 6.07) is 74.1. The Balaban J connectivity index is 1.20. The van der Waals surface area contributed by atoms with Crippen molar-refractivity contribution in [3.8, 4) is 34.0 Å². The van der Waals surface area contributed by atoms with Crippen molar-refractivity contribution in [1.82, 2.24) is 19.1 Å². The van der Waals surface area contributed by atoms with E-state index in [0.29, 0.717) is 5.95 Å². The molecule has 278 valence electrons. The van der Waals surface area contributed by atoms with Gasteiger partial charge >= 0.3 is 0 Å². The SMILES string of the molecule is c1ccc(-c2ccc(-c3nc(-n4c5ccccc5c5c6c7ccccc7c7c(c8ccccc8n7-c7ccccc7)c6c6ccccc6c54)nc4ccccc34)cc2)cc1. The van der Waals surface area contributed by atoms with Crippen LogP contribution in [0.25, 0.3) is 121 Å². The number of aromatic nitrogens is 4. The lowest BCUT2D eigenvalue weighted by Gasteiger charge is -2.16. The Morgan fingerprint density at radius 3 is 1.33 bits per heavy atom. The van der Waals surface area contributed by atoms with E-state index in [4.69, 9.17) is 9.97 Å². The molecule has 0 saturated heterocycles. The molecule has 0 unspecified atom stereocenters. The van der Waals surface area contributed by atoms with Crippen LogP contribution in [0.4, 0.5) is 0 Å². The summed E-state index contributed by atoms with van der Waals surface area (Å²) in [5, 5.41) is 13.2. The molecule has 0 fully saturated rings. The van der Waals surface area contributed by atoms with Crippen molar-refractivity contribution in [1.29, 1.82) is 0 Å². The van der Waals surface area contributed by atoms with Crippen molar-refractivity contribution in [3.05, 3.63) is 206 Å². The lowest BCUT2D eigenvalue weighted by molar-refractivity contribution is 1.02. The number of rotatable bonds is 4. The maximum atomic E-state index is 5.54. The number of hydrogen-bond donors (Lipinski definition) is 0. The number of fused-ring (bicyclic) bond motifs is 16. The summed E-state index contributed by atoms with van der Waals surface area (Å²) in [4.78, 5) is 10.9. The fraction of sp³-hybridized carbons (Fsp3) is 0. The van der Waals surface area contributed by atoms with Crippen LogP contribution in [-0.4, -0.2) is 19.1 Å². The van der Waals surface area contributed by atoms with Gasteiger partial charge in [0.15, 0.2) is 0 Å². The Bertz CT molecular complexity index is 3860. The van der Waals surface area contributed by atoms with E-state index < -0.39 is 0 Å². The fourth-order valence-electron chi connectivity index (χ4n) is 9.99. The highest BCUT2D eigenvalue weighted by atomic mass is 15.2. The summed E-state index contributed by atoms with van der Waals surface area (Å²) in [7, 11) is 0. The van der Waals surface area contributed by atoms with Gasteiger partial charge < -0.3 is 4.57 Å². The molecule has 13 aromatic rings. The number of nitrogens with zero attached hydrogens (tertiary/aromatic N) is 4. The molecule has 3 heterocycles. The number of hydrogen-bond acceptors (Lipinski definition) is 2. The summed E-state index contributed by atoms with van der Waals surface area (Å²) in [6.45, 7) is 0. The van der Waals surface area contributed by atoms with Gasteiger partial charge in [-0.1, -0.05) is 176 Å². The Kier molecular flexibility index (Phi) is 6.98. The Hall–Kier alpha value is -8.08. The maximum absolute atomic E-state index is 5.54. The molecule has 13 rings (SSSR count). The molecule has 4 heteroatoms. The van der Waals surface area contributed by atoms with Gasteiger partial charge in [0.25, 0.3) is 0 Å². The van der Waals surface area contributed by atoms with Crippen molar-refractivity contribution >= 4 is 86.8 Å². The maximum Gasteiger partial charge on any atom is 0.235 e. The Labute approximate surface area is 344 Å². The van der Waals surface area contributed by atoms with E-state index in [1.54, 1.807) is 0 Å². The van der Waals surface area contributed by atoms with Crippen LogP contribution in [0.5, 0.6) is 0 Å². The van der Waals surface area contributed by atoms with Gasteiger partial charge in [-0.15, -0.1) is 0 Å². The topological polar surface area (TPSA) is 35.6 Å². The van der Waals surface area contributed by atoms with Gasteiger partial charge in [0, 0.05) is 59.7 Å². The first-order valence-corrected chi connectivity index (χ1v) is 20.5. The van der Waals surface area contributed by atoms with Crippen LogP contribution in [-0.2, 0) is 0 Å². The van der Waals surface area contributed by atoms with E-state index >= 15 is 0 Å². The number of benzene rings is 10. The third-order valence-corrected chi connectivity index (χ3v) is 12.5. The van der Waals surface area contributed by atoms with Crippen molar-refractivity contribution in [2.75, 3.05) is 0 Å². The second-order valence-electron chi connectivity index (χ2n) is 15.7. The molecular weight excluding hydrogens is 729 g/mol. The lowest BCUT2D eigenvalue weighted by Crippen LogP contribution is -2.04.